The van der Waals surface area contributed by atoms with Crippen molar-refractivity contribution in [1.29, 1.82) is 0 Å². The molecule has 0 aliphatic carbocycles. The Bertz CT molecular complexity index is 1860. The summed E-state index contributed by atoms with van der Waals surface area (Å²) in [4.78, 5) is 83.7. The number of esters is 4. The number of carbonyl (C=O) groups excluding carboxylic acids is 6. The summed E-state index contributed by atoms with van der Waals surface area (Å²) in [5.41, 5.74) is 0. The molecule has 2 unspecified atom stereocenters. The third-order valence-electron chi connectivity index (χ3n) is 23.1. The van der Waals surface area contributed by atoms with Crippen LogP contribution in [-0.4, -0.2) is 122 Å². The number of hydrogen-bond acceptors (Lipinski definition) is 12. The van der Waals surface area contributed by atoms with Crippen molar-refractivity contribution in [3.05, 3.63) is 0 Å². The molecule has 2 N–H and O–H groups in total. The highest BCUT2D eigenvalue weighted by Crippen LogP contribution is 2.23. The average Bonchev–Trinajstić information content (AvgIpc) is 1.04. The van der Waals surface area contributed by atoms with Gasteiger partial charge in [-0.1, -0.05) is 325 Å². The summed E-state index contributed by atoms with van der Waals surface area (Å²) in [5, 5.41) is 6.33. The predicted octanol–water partition coefficient (Wildman–Crippen LogP) is 27.3. The number of carbonyl (C=O) groups is 6. The standard InChI is InChI=1S/C97H188N4O10/c1-9-17-23-29-35-37-45-53-68-88(15-7)108-94(104)78-61-51-65-84-100(82-63-49-39-47-59-76-96(106)110-90(70-55-41-31-25-19-11-3)71-56-42-32-26-20-12-4)86-80-98-92(102)74-67-75-93(103)99-81-87-101(85-66-52-62-79-95(105)109-89(16-8)69-54-46-38-36-30-24-18-10-2)83-64-50-40-48-60-77-97(107)111-91(72-57-43-33-27-21-13-5)73-58-44-34-28-22-14-6/h88-91H,9-87H2,1-8H3,(H,98,102)(H,99,103). The second-order valence-corrected chi connectivity index (χ2v) is 33.9. The van der Waals surface area contributed by atoms with Crippen LogP contribution in [0.5, 0.6) is 0 Å². The Labute approximate surface area is 688 Å². The Morgan fingerprint density at radius 1 is 0.207 bits per heavy atom. The molecule has 0 fully saturated rings. The minimum absolute atomic E-state index is 0.0153. The van der Waals surface area contributed by atoms with Gasteiger partial charge in [-0.3, -0.25) is 28.8 Å². The van der Waals surface area contributed by atoms with E-state index in [-0.39, 0.29) is 60.1 Å². The Morgan fingerprint density at radius 3 is 0.631 bits per heavy atom. The van der Waals surface area contributed by atoms with Crippen molar-refractivity contribution in [1.82, 2.24) is 20.4 Å². The van der Waals surface area contributed by atoms with Gasteiger partial charge >= 0.3 is 23.9 Å². The number of nitrogens with one attached hydrogen (secondary N) is 2. The van der Waals surface area contributed by atoms with Crippen LogP contribution >= 0.6 is 0 Å². The Morgan fingerprint density at radius 2 is 0.396 bits per heavy atom. The molecular formula is C97H188N4O10. The van der Waals surface area contributed by atoms with Crippen molar-refractivity contribution in [3.8, 4) is 0 Å². The molecule has 0 radical (unpaired) electrons. The summed E-state index contributed by atoms with van der Waals surface area (Å²) < 4.78 is 24.2. The first-order valence-corrected chi connectivity index (χ1v) is 49.1. The highest BCUT2D eigenvalue weighted by Gasteiger charge is 2.19. The lowest BCUT2D eigenvalue weighted by molar-refractivity contribution is -0.151. The van der Waals surface area contributed by atoms with E-state index < -0.39 is 0 Å². The molecule has 14 heteroatoms. The largest absolute Gasteiger partial charge is 0.462 e. The maximum Gasteiger partial charge on any atom is 0.306 e. The van der Waals surface area contributed by atoms with Gasteiger partial charge in [-0.25, -0.2) is 0 Å². The second kappa shape index (κ2) is 86.1. The molecule has 14 nitrogen and oxygen atoms in total. The van der Waals surface area contributed by atoms with Crippen LogP contribution in [0, 0.1) is 0 Å². The summed E-state index contributed by atoms with van der Waals surface area (Å²) in [6.07, 6.45) is 76.8. The fourth-order valence-electron chi connectivity index (χ4n) is 15.6. The lowest BCUT2D eigenvalue weighted by Gasteiger charge is -2.23. The SMILES string of the molecule is CCCCCCCCCCC(CC)OC(=O)CCCCCN(CCCCCCCC(=O)OC(CCCCCCCC)CCCCCCCC)CCNC(=O)CCCC(=O)NCCN(CCCCCCCC(=O)OC(CCCCCCCC)CCCCCCCC)CCCCCC(=O)OC(CC)CCCCCCCCCC. The Kier molecular flexibility index (Phi) is 83.6. The quantitative estimate of drug-likeness (QED) is 0.0336. The molecule has 2 atom stereocenters. The first-order valence-electron chi connectivity index (χ1n) is 49.1. The van der Waals surface area contributed by atoms with E-state index in [4.69, 9.17) is 18.9 Å². The molecule has 0 aliphatic rings. The van der Waals surface area contributed by atoms with Gasteiger partial charge in [0.15, 0.2) is 0 Å². The fourth-order valence-corrected chi connectivity index (χ4v) is 15.6. The molecule has 111 heavy (non-hydrogen) atoms. The number of hydrogen-bond donors (Lipinski definition) is 2. The smallest absolute Gasteiger partial charge is 0.306 e. The van der Waals surface area contributed by atoms with Gasteiger partial charge in [-0.15, -0.1) is 0 Å². The van der Waals surface area contributed by atoms with Gasteiger partial charge in [0, 0.05) is 64.7 Å². The summed E-state index contributed by atoms with van der Waals surface area (Å²) in [6, 6.07) is 0. The van der Waals surface area contributed by atoms with Crippen LogP contribution in [-0.2, 0) is 47.7 Å². The second-order valence-electron chi connectivity index (χ2n) is 33.9. The van der Waals surface area contributed by atoms with E-state index in [0.717, 1.165) is 232 Å². The molecular weight excluding hydrogens is 1380 g/mol. The van der Waals surface area contributed by atoms with E-state index >= 15 is 0 Å². The molecule has 0 bridgehead atoms. The molecule has 0 heterocycles. The van der Waals surface area contributed by atoms with Crippen LogP contribution in [0.4, 0.5) is 0 Å². The van der Waals surface area contributed by atoms with Crippen LogP contribution in [0.15, 0.2) is 0 Å². The van der Waals surface area contributed by atoms with Crippen molar-refractivity contribution in [2.24, 2.45) is 0 Å². The van der Waals surface area contributed by atoms with Crippen molar-refractivity contribution in [3.63, 3.8) is 0 Å². The maximum atomic E-state index is 13.3. The van der Waals surface area contributed by atoms with E-state index in [9.17, 15) is 28.8 Å². The minimum Gasteiger partial charge on any atom is -0.462 e. The number of amides is 2. The van der Waals surface area contributed by atoms with Gasteiger partial charge < -0.3 is 39.4 Å². The third kappa shape index (κ3) is 77.7. The van der Waals surface area contributed by atoms with E-state index in [0.29, 0.717) is 58.0 Å². The molecule has 656 valence electrons. The van der Waals surface area contributed by atoms with E-state index in [2.05, 4.69) is 75.8 Å². The van der Waals surface area contributed by atoms with Crippen LogP contribution in [0.1, 0.15) is 511 Å². The molecule has 0 spiro atoms. The molecule has 0 aliphatic heterocycles. The highest BCUT2D eigenvalue weighted by molar-refractivity contribution is 5.78. The number of unbranched alkanes of at least 4 members (excludes halogenated alkanes) is 46. The van der Waals surface area contributed by atoms with Gasteiger partial charge in [0.05, 0.1) is 0 Å². The average molecular weight is 1570 g/mol. The van der Waals surface area contributed by atoms with Gasteiger partial charge in [-0.2, -0.15) is 0 Å². The third-order valence-corrected chi connectivity index (χ3v) is 23.1. The van der Waals surface area contributed by atoms with Crippen LogP contribution in [0.2, 0.25) is 0 Å². The van der Waals surface area contributed by atoms with Crippen LogP contribution in [0.3, 0.4) is 0 Å². The monoisotopic (exact) mass is 1570 g/mol. The summed E-state index contributed by atoms with van der Waals surface area (Å²) in [6.45, 7) is 24.0. The highest BCUT2D eigenvalue weighted by atomic mass is 16.6. The lowest BCUT2D eigenvalue weighted by Crippen LogP contribution is -2.36. The lowest BCUT2D eigenvalue weighted by atomic mass is 10.0. The Hall–Kier alpha value is -3.26. The molecule has 2 amide bonds. The number of rotatable bonds is 90. The van der Waals surface area contributed by atoms with Crippen LogP contribution < -0.4 is 10.6 Å². The molecule has 0 saturated heterocycles. The minimum atomic E-state index is -0.0693. The van der Waals surface area contributed by atoms with Crippen LogP contribution in [0.25, 0.3) is 0 Å². The van der Waals surface area contributed by atoms with Crippen molar-refractivity contribution in [2.45, 2.75) is 536 Å². The zero-order valence-corrected chi connectivity index (χ0v) is 75.1. The molecule has 0 saturated carbocycles. The van der Waals surface area contributed by atoms with E-state index in [1.54, 1.807) is 0 Å². The summed E-state index contributed by atoms with van der Waals surface area (Å²) in [5.74, 6) is -0.242. The number of ether oxygens (including phenoxy) is 4. The zero-order valence-electron chi connectivity index (χ0n) is 75.1. The molecule has 0 rings (SSSR count). The van der Waals surface area contributed by atoms with Gasteiger partial charge in [0.25, 0.3) is 0 Å². The van der Waals surface area contributed by atoms with Gasteiger partial charge in [-0.05, 0) is 174 Å². The van der Waals surface area contributed by atoms with Gasteiger partial charge in [0.1, 0.15) is 24.4 Å². The maximum absolute atomic E-state index is 13.3. The molecule has 0 aromatic rings. The first kappa shape index (κ1) is 108. The van der Waals surface area contributed by atoms with E-state index in [1.165, 1.54) is 218 Å². The fraction of sp³-hybridized carbons (Fsp3) is 0.938. The van der Waals surface area contributed by atoms with Gasteiger partial charge in [0.2, 0.25) is 11.8 Å². The zero-order chi connectivity index (χ0) is 81.0. The number of nitrogens with zero attached hydrogens (tertiary/aromatic N) is 2. The van der Waals surface area contributed by atoms with Crippen molar-refractivity contribution in [2.75, 3.05) is 52.4 Å². The van der Waals surface area contributed by atoms with Crippen molar-refractivity contribution < 1.29 is 47.7 Å². The van der Waals surface area contributed by atoms with Crippen molar-refractivity contribution >= 4 is 35.7 Å². The molecule has 0 aromatic carbocycles. The van der Waals surface area contributed by atoms with E-state index in [1.807, 2.05) is 0 Å². The summed E-state index contributed by atoms with van der Waals surface area (Å²) >= 11 is 0. The topological polar surface area (TPSA) is 170 Å². The molecule has 0 aromatic heterocycles. The normalized spacial score (nSPS) is 12.2. The predicted molar refractivity (Wildman–Crippen MR) is 472 cm³/mol. The Balaban J connectivity index is 5.50. The summed E-state index contributed by atoms with van der Waals surface area (Å²) in [7, 11) is 0. The first-order chi connectivity index (χ1) is 54.4.